The van der Waals surface area contributed by atoms with Crippen molar-refractivity contribution in [2.45, 2.75) is 26.7 Å². The second-order valence-corrected chi connectivity index (χ2v) is 7.36. The molecule has 0 aliphatic rings. The minimum absolute atomic E-state index is 0.235. The van der Waals surface area contributed by atoms with Crippen LogP contribution in [-0.4, -0.2) is 32.5 Å². The zero-order valence-electron chi connectivity index (χ0n) is 17.6. The van der Waals surface area contributed by atoms with Gasteiger partial charge in [-0.05, 0) is 61.2 Å². The maximum absolute atomic E-state index is 12.8. The molecule has 0 saturated carbocycles. The molecule has 8 heteroatoms. The van der Waals surface area contributed by atoms with E-state index in [0.29, 0.717) is 17.5 Å². The van der Waals surface area contributed by atoms with Crippen LogP contribution in [0.15, 0.2) is 59.8 Å². The largest absolute Gasteiger partial charge is 0.497 e. The van der Waals surface area contributed by atoms with Crippen LogP contribution in [0.1, 0.15) is 23.1 Å². The van der Waals surface area contributed by atoms with Crippen molar-refractivity contribution < 1.29 is 9.53 Å². The van der Waals surface area contributed by atoms with E-state index in [9.17, 15) is 9.59 Å². The summed E-state index contributed by atoms with van der Waals surface area (Å²) in [7, 11) is 1.61. The molecule has 2 aromatic heterocycles. The van der Waals surface area contributed by atoms with E-state index in [1.54, 1.807) is 11.8 Å². The first kappa shape index (κ1) is 20.3. The van der Waals surface area contributed by atoms with E-state index in [1.165, 1.54) is 18.1 Å². The zero-order valence-corrected chi connectivity index (χ0v) is 17.6. The van der Waals surface area contributed by atoms with E-state index in [1.807, 2.05) is 56.3 Å². The van der Waals surface area contributed by atoms with Crippen molar-refractivity contribution in [3.63, 3.8) is 0 Å². The highest BCUT2D eigenvalue weighted by atomic mass is 16.5. The quantitative estimate of drug-likeness (QED) is 0.521. The van der Waals surface area contributed by atoms with Crippen LogP contribution in [-0.2, 0) is 11.2 Å². The maximum atomic E-state index is 12.8. The standard InChI is InChI=1S/C23H23N5O3/c1-15-4-8-18(12-16(15)2)28-22-20(13-25-28)23(30)27(14-24-22)26-21(29)11-7-17-5-9-19(31-3)10-6-17/h4-6,8-10,12-14H,7,11H2,1-3H3,(H,26,29). The van der Waals surface area contributed by atoms with Gasteiger partial charge in [0.2, 0.25) is 5.91 Å². The van der Waals surface area contributed by atoms with Crippen molar-refractivity contribution in [3.8, 4) is 11.4 Å². The lowest BCUT2D eigenvalue weighted by molar-refractivity contribution is -0.117. The van der Waals surface area contributed by atoms with Gasteiger partial charge in [0.15, 0.2) is 5.65 Å². The molecular weight excluding hydrogens is 394 g/mol. The number of hydrogen-bond acceptors (Lipinski definition) is 5. The van der Waals surface area contributed by atoms with Gasteiger partial charge in [-0.2, -0.15) is 5.10 Å². The number of methoxy groups -OCH3 is 1. The Hall–Kier alpha value is -3.94. The molecule has 0 aliphatic heterocycles. The van der Waals surface area contributed by atoms with Crippen LogP contribution < -0.4 is 15.7 Å². The lowest BCUT2D eigenvalue weighted by Gasteiger charge is -2.09. The van der Waals surface area contributed by atoms with Crippen molar-refractivity contribution in [3.05, 3.63) is 82.0 Å². The Bertz CT molecular complexity index is 1310. The van der Waals surface area contributed by atoms with Crippen molar-refractivity contribution in [1.29, 1.82) is 0 Å². The van der Waals surface area contributed by atoms with Crippen LogP contribution >= 0.6 is 0 Å². The summed E-state index contributed by atoms with van der Waals surface area (Å²) in [5.74, 6) is 0.487. The number of aromatic nitrogens is 4. The van der Waals surface area contributed by atoms with Crippen molar-refractivity contribution >= 4 is 16.9 Å². The molecule has 0 radical (unpaired) electrons. The lowest BCUT2D eigenvalue weighted by atomic mass is 10.1. The number of carbonyl (C=O) groups excluding carboxylic acids is 1. The SMILES string of the molecule is COc1ccc(CCC(=O)Nn2cnc3c(cnn3-c3ccc(C)c(C)c3)c2=O)cc1. The molecule has 1 N–H and O–H groups in total. The van der Waals surface area contributed by atoms with Gasteiger partial charge in [-0.3, -0.25) is 15.0 Å². The van der Waals surface area contributed by atoms with Gasteiger partial charge < -0.3 is 4.74 Å². The molecule has 0 aliphatic carbocycles. The van der Waals surface area contributed by atoms with Crippen molar-refractivity contribution in [2.75, 3.05) is 12.5 Å². The number of aryl methyl sites for hydroxylation is 3. The van der Waals surface area contributed by atoms with E-state index >= 15 is 0 Å². The number of rotatable bonds is 6. The summed E-state index contributed by atoms with van der Waals surface area (Å²) < 4.78 is 7.86. The Morgan fingerprint density at radius 1 is 1.10 bits per heavy atom. The van der Waals surface area contributed by atoms with E-state index in [0.717, 1.165) is 27.2 Å². The van der Waals surface area contributed by atoms with Gasteiger partial charge in [-0.1, -0.05) is 18.2 Å². The summed E-state index contributed by atoms with van der Waals surface area (Å²) in [5, 5.41) is 4.66. The highest BCUT2D eigenvalue weighted by Gasteiger charge is 2.13. The molecule has 0 fully saturated rings. The molecule has 4 rings (SSSR count). The third kappa shape index (κ3) is 4.18. The Morgan fingerprint density at radius 2 is 1.87 bits per heavy atom. The molecule has 4 aromatic rings. The van der Waals surface area contributed by atoms with E-state index in [-0.39, 0.29) is 17.9 Å². The molecular formula is C23H23N5O3. The van der Waals surface area contributed by atoms with Crippen LogP contribution in [0.4, 0.5) is 0 Å². The number of ether oxygens (including phenoxy) is 1. The molecule has 31 heavy (non-hydrogen) atoms. The molecule has 0 spiro atoms. The Kier molecular flexibility index (Phi) is 5.53. The molecule has 0 saturated heterocycles. The summed E-state index contributed by atoms with van der Waals surface area (Å²) in [4.78, 5) is 29.5. The van der Waals surface area contributed by atoms with E-state index < -0.39 is 0 Å². The monoisotopic (exact) mass is 417 g/mol. The zero-order chi connectivity index (χ0) is 22.0. The van der Waals surface area contributed by atoms with Crippen LogP contribution in [0.3, 0.4) is 0 Å². The van der Waals surface area contributed by atoms with Crippen molar-refractivity contribution in [1.82, 2.24) is 19.4 Å². The van der Waals surface area contributed by atoms with Gasteiger partial charge in [0.1, 0.15) is 17.5 Å². The summed E-state index contributed by atoms with van der Waals surface area (Å²) in [6.45, 7) is 4.06. The number of benzene rings is 2. The molecule has 8 nitrogen and oxygen atoms in total. The van der Waals surface area contributed by atoms with E-state index in [2.05, 4.69) is 15.5 Å². The van der Waals surface area contributed by atoms with Gasteiger partial charge in [-0.15, -0.1) is 0 Å². The third-order valence-corrected chi connectivity index (χ3v) is 5.27. The molecule has 0 atom stereocenters. The summed E-state index contributed by atoms with van der Waals surface area (Å²) in [6.07, 6.45) is 3.57. The topological polar surface area (TPSA) is 91.0 Å². The fourth-order valence-corrected chi connectivity index (χ4v) is 3.28. The molecule has 1 amide bonds. The van der Waals surface area contributed by atoms with Crippen LogP contribution in [0, 0.1) is 13.8 Å². The number of amides is 1. The third-order valence-electron chi connectivity index (χ3n) is 5.27. The summed E-state index contributed by atoms with van der Waals surface area (Å²) in [6, 6.07) is 13.5. The lowest BCUT2D eigenvalue weighted by Crippen LogP contribution is -2.33. The van der Waals surface area contributed by atoms with Crippen LogP contribution in [0.5, 0.6) is 5.75 Å². The minimum atomic E-state index is -0.377. The number of carbonyl (C=O) groups is 1. The summed E-state index contributed by atoms with van der Waals surface area (Å²) >= 11 is 0. The van der Waals surface area contributed by atoms with Crippen LogP contribution in [0.25, 0.3) is 16.7 Å². The first-order valence-electron chi connectivity index (χ1n) is 9.92. The second-order valence-electron chi connectivity index (χ2n) is 7.36. The Morgan fingerprint density at radius 3 is 2.58 bits per heavy atom. The molecule has 2 aromatic carbocycles. The van der Waals surface area contributed by atoms with Crippen molar-refractivity contribution in [2.24, 2.45) is 0 Å². The van der Waals surface area contributed by atoms with Crippen LogP contribution in [0.2, 0.25) is 0 Å². The Balaban J connectivity index is 1.50. The molecule has 2 heterocycles. The number of nitrogens with one attached hydrogen (secondary N) is 1. The predicted octanol–water partition coefficient (Wildman–Crippen LogP) is 2.91. The van der Waals surface area contributed by atoms with Gasteiger partial charge in [-0.25, -0.2) is 14.3 Å². The second kappa shape index (κ2) is 8.43. The van der Waals surface area contributed by atoms with Gasteiger partial charge in [0.25, 0.3) is 5.56 Å². The first-order valence-corrected chi connectivity index (χ1v) is 9.92. The number of nitrogens with zero attached hydrogens (tertiary/aromatic N) is 4. The fraction of sp³-hybridized carbons (Fsp3) is 0.217. The predicted molar refractivity (Wildman–Crippen MR) is 118 cm³/mol. The van der Waals surface area contributed by atoms with E-state index in [4.69, 9.17) is 4.74 Å². The highest BCUT2D eigenvalue weighted by Crippen LogP contribution is 2.17. The van der Waals surface area contributed by atoms with Gasteiger partial charge in [0.05, 0.1) is 19.0 Å². The average Bonchev–Trinajstić information content (AvgIpc) is 3.21. The number of hydrogen-bond donors (Lipinski definition) is 1. The smallest absolute Gasteiger partial charge is 0.283 e. The molecule has 158 valence electrons. The van der Waals surface area contributed by atoms with Gasteiger partial charge in [0, 0.05) is 6.42 Å². The first-order chi connectivity index (χ1) is 15.0. The fourth-order valence-electron chi connectivity index (χ4n) is 3.28. The number of fused-ring (bicyclic) bond motifs is 1. The summed E-state index contributed by atoms with van der Waals surface area (Å²) in [5.41, 5.74) is 6.80. The van der Waals surface area contributed by atoms with Gasteiger partial charge >= 0.3 is 0 Å². The molecule has 0 unspecified atom stereocenters. The molecule has 0 bridgehead atoms. The minimum Gasteiger partial charge on any atom is -0.497 e. The normalized spacial score (nSPS) is 10.9. The highest BCUT2D eigenvalue weighted by molar-refractivity contribution is 5.84. The average molecular weight is 417 g/mol. The maximum Gasteiger partial charge on any atom is 0.283 e. The Labute approximate surface area is 179 Å².